The Bertz CT molecular complexity index is 3660. The molecule has 0 saturated carbocycles. The summed E-state index contributed by atoms with van der Waals surface area (Å²) in [5.41, 5.74) is 19.0. The third-order valence-corrected chi connectivity index (χ3v) is 18.5. The van der Waals surface area contributed by atoms with Crippen LogP contribution >= 0.6 is 0 Å². The summed E-state index contributed by atoms with van der Waals surface area (Å²) in [6, 6.07) is 74.1. The van der Waals surface area contributed by atoms with Gasteiger partial charge in [0.2, 0.25) is 0 Å². The Kier molecular flexibility index (Phi) is 10.8. The molecule has 5 heterocycles. The average molecular weight is 1110 g/mol. The van der Waals surface area contributed by atoms with Crippen LogP contribution in [0.15, 0.2) is 188 Å². The molecule has 0 bridgehead atoms. The first kappa shape index (κ1) is 44.8. The standard InChI is InChI=1S/C60H49B2N7Si.Pt/c1-41-20-16-21-42(2)57(41)61-66(46-26-12-8-13-27-46)50-35-33-49(69-60-52(31-19-37-63-60)67(47-28-14-9-15-29-47)62(69)58-43(3)22-17-23-44(58)4)38-53(50)68(61)48-34-36-55-54(39-48)65-40-64(45-24-10-7-11-25-45)51-30-18-32-56(59(51)65)70(55,5)6;/h7-37H,1-6H3;/q-2;. The first-order chi connectivity index (χ1) is 34.2. The molecule has 0 spiro atoms. The van der Waals surface area contributed by atoms with Crippen molar-refractivity contribution in [1.82, 2.24) is 9.55 Å². The van der Waals surface area contributed by atoms with Gasteiger partial charge in [0.15, 0.2) is 0 Å². The number of pyridine rings is 1. The number of aryl methyl sites for hydroxylation is 4. The van der Waals surface area contributed by atoms with Gasteiger partial charge in [-0.15, -0.1) is 29.5 Å². The molecular formula is C60H49B2N7PtSi-2. The van der Waals surface area contributed by atoms with Gasteiger partial charge in [-0.25, -0.2) is 4.98 Å². The molecular weight excluding hydrogens is 1060 g/mol. The number of rotatable bonds is 7. The molecule has 7 nitrogen and oxygen atoms in total. The van der Waals surface area contributed by atoms with E-state index >= 15 is 0 Å². The van der Waals surface area contributed by atoms with Crippen LogP contribution in [0.3, 0.4) is 0 Å². The maximum atomic E-state index is 5.20. The van der Waals surface area contributed by atoms with Gasteiger partial charge in [0.25, 0.3) is 6.33 Å². The normalized spacial score (nSPS) is 14.2. The van der Waals surface area contributed by atoms with E-state index in [2.05, 4.69) is 264 Å². The predicted molar refractivity (Wildman–Crippen MR) is 293 cm³/mol. The fourth-order valence-corrected chi connectivity index (χ4v) is 14.6. The van der Waals surface area contributed by atoms with Crippen molar-refractivity contribution in [1.29, 1.82) is 0 Å². The van der Waals surface area contributed by atoms with Gasteiger partial charge in [0.05, 0.1) is 22.4 Å². The molecule has 0 radical (unpaired) electrons. The van der Waals surface area contributed by atoms with Gasteiger partial charge in [-0.1, -0.05) is 172 Å². The number of hydrogen-bond acceptors (Lipinski definition) is 5. The van der Waals surface area contributed by atoms with Gasteiger partial charge in [-0.2, -0.15) is 12.1 Å². The van der Waals surface area contributed by atoms with E-state index in [4.69, 9.17) is 4.98 Å². The van der Waals surface area contributed by atoms with Crippen LogP contribution in [0.25, 0.3) is 22.4 Å². The Balaban J connectivity index is 0.00000517. The second kappa shape index (κ2) is 17.2. The molecule has 0 atom stereocenters. The summed E-state index contributed by atoms with van der Waals surface area (Å²) < 4.78 is 4.50. The van der Waals surface area contributed by atoms with Crippen molar-refractivity contribution in [2.75, 3.05) is 19.2 Å². The summed E-state index contributed by atoms with van der Waals surface area (Å²) in [6.07, 6.45) is 5.76. The monoisotopic (exact) mass is 1110 g/mol. The largest absolute Gasteiger partial charge is 0.420 e. The first-order valence-corrected chi connectivity index (χ1v) is 27.2. The van der Waals surface area contributed by atoms with Crippen LogP contribution in [0.5, 0.6) is 0 Å². The first-order valence-electron chi connectivity index (χ1n) is 24.2. The molecule has 8 aromatic carbocycles. The minimum absolute atomic E-state index is 0. The van der Waals surface area contributed by atoms with Crippen molar-refractivity contribution in [3.05, 3.63) is 229 Å². The van der Waals surface area contributed by atoms with Crippen LogP contribution < -0.4 is 45.1 Å². The van der Waals surface area contributed by atoms with Gasteiger partial charge >= 0.3 is 14.0 Å². The zero-order valence-electron chi connectivity index (χ0n) is 40.5. The molecule has 0 amide bonds. The fraction of sp³-hybridized carbons (Fsp3) is 0.100. The Labute approximate surface area is 432 Å². The Morgan fingerprint density at radius 3 is 1.65 bits per heavy atom. The fourth-order valence-electron chi connectivity index (χ4n) is 11.7. The van der Waals surface area contributed by atoms with Crippen LogP contribution in [0.4, 0.5) is 45.6 Å². The zero-order chi connectivity index (χ0) is 47.4. The molecule has 0 unspecified atom stereocenters. The molecule has 0 N–H and O–H groups in total. The van der Waals surface area contributed by atoms with E-state index in [-0.39, 0.29) is 35.0 Å². The number of anilines is 8. The SMILES string of the molecule is Cc1cccc(C)c1B1N(c2[c-]c3c(cc2)[Si](C)(C)c2cccc4c2n-3[c-][n+]4-c2ccccc2)c2[c-]c(N3B(c4c(C)cccc4C)N(c4ccccc4)c4cccnc43)ccc2N1c1ccccc1.[Pt]. The van der Waals surface area contributed by atoms with E-state index in [1.807, 2.05) is 12.3 Å². The Morgan fingerprint density at radius 1 is 0.479 bits per heavy atom. The van der Waals surface area contributed by atoms with Crippen molar-refractivity contribution in [3.8, 4) is 11.4 Å². The summed E-state index contributed by atoms with van der Waals surface area (Å²) in [7, 11) is -2.23. The van der Waals surface area contributed by atoms with Crippen molar-refractivity contribution < 1.29 is 25.6 Å². The second-order valence-electron chi connectivity index (χ2n) is 19.4. The third-order valence-electron chi connectivity index (χ3n) is 15.0. The number of benzene rings is 8. The minimum atomic E-state index is -2.23. The Morgan fingerprint density at radius 2 is 1.01 bits per heavy atom. The van der Waals surface area contributed by atoms with Crippen LogP contribution in [0, 0.1) is 46.2 Å². The van der Waals surface area contributed by atoms with E-state index in [0.29, 0.717) is 0 Å². The number of hydrogen-bond donors (Lipinski definition) is 0. The van der Waals surface area contributed by atoms with E-state index in [1.54, 1.807) is 0 Å². The number of nitrogens with zero attached hydrogens (tertiary/aromatic N) is 7. The van der Waals surface area contributed by atoms with Crippen molar-refractivity contribution in [3.63, 3.8) is 0 Å². The molecule has 3 aliphatic heterocycles. The number of para-hydroxylation sites is 4. The maximum absolute atomic E-state index is 5.20. The van der Waals surface area contributed by atoms with Crippen LogP contribution in [-0.4, -0.2) is 31.6 Å². The average Bonchev–Trinajstić information content (AvgIpc) is 4.05. The molecule has 13 rings (SSSR count). The van der Waals surface area contributed by atoms with E-state index < -0.39 is 8.07 Å². The van der Waals surface area contributed by atoms with E-state index in [9.17, 15) is 0 Å². The number of imidazole rings is 1. The Hall–Kier alpha value is -7.38. The van der Waals surface area contributed by atoms with Crippen LogP contribution in [0.2, 0.25) is 13.1 Å². The third kappa shape index (κ3) is 6.82. The summed E-state index contributed by atoms with van der Waals surface area (Å²) in [4.78, 5) is 15.1. The number of aromatic nitrogens is 3. The smallest absolute Gasteiger partial charge is 0.415 e. The maximum Gasteiger partial charge on any atom is 0.420 e. The van der Waals surface area contributed by atoms with Crippen LogP contribution in [-0.2, 0) is 21.1 Å². The predicted octanol–water partition coefficient (Wildman–Crippen LogP) is 10.4. The van der Waals surface area contributed by atoms with E-state index in [0.717, 1.165) is 62.5 Å². The van der Waals surface area contributed by atoms with Gasteiger partial charge in [-0.05, 0) is 92.8 Å². The van der Waals surface area contributed by atoms with Crippen molar-refractivity contribution in [2.45, 2.75) is 40.8 Å². The quantitative estimate of drug-likeness (QED) is 0.0903. The molecule has 11 heteroatoms. The number of fused-ring (bicyclic) bond motifs is 4. The second-order valence-corrected chi connectivity index (χ2v) is 23.8. The van der Waals surface area contributed by atoms with Crippen molar-refractivity contribution in [2.24, 2.45) is 0 Å². The van der Waals surface area contributed by atoms with Gasteiger partial charge < -0.3 is 23.8 Å². The van der Waals surface area contributed by atoms with E-state index in [1.165, 1.54) is 49.1 Å². The van der Waals surface area contributed by atoms with Crippen molar-refractivity contribution >= 4 is 100 Å². The molecule has 346 valence electrons. The molecule has 0 aliphatic carbocycles. The zero-order valence-corrected chi connectivity index (χ0v) is 43.8. The summed E-state index contributed by atoms with van der Waals surface area (Å²) in [5.74, 6) is 0.885. The van der Waals surface area contributed by atoms with Gasteiger partial charge in [-0.3, -0.25) is 4.57 Å². The molecule has 0 saturated heterocycles. The summed E-state index contributed by atoms with van der Waals surface area (Å²) in [6.45, 7) is 13.4. The summed E-state index contributed by atoms with van der Waals surface area (Å²) >= 11 is 0. The molecule has 71 heavy (non-hydrogen) atoms. The van der Waals surface area contributed by atoms with Gasteiger partial charge in [0, 0.05) is 46.7 Å². The summed E-state index contributed by atoms with van der Waals surface area (Å²) in [5, 5.41) is 2.74. The molecule has 2 aromatic heterocycles. The topological polar surface area (TPSA) is 34.7 Å². The van der Waals surface area contributed by atoms with Gasteiger partial charge in [0.1, 0.15) is 5.82 Å². The molecule has 0 fully saturated rings. The minimum Gasteiger partial charge on any atom is -0.415 e. The molecule has 3 aliphatic rings. The molecule has 10 aromatic rings. The van der Waals surface area contributed by atoms with Crippen LogP contribution in [0.1, 0.15) is 22.3 Å².